The Kier molecular flexibility index (Phi) is 8.33. The second-order valence-electron chi connectivity index (χ2n) is 10.7. The summed E-state index contributed by atoms with van der Waals surface area (Å²) in [6, 6.07) is 0.140. The molecule has 2 aliphatic rings. The minimum atomic E-state index is -0.848. The largest absolute Gasteiger partial charge is 0.469 e. The number of epoxide rings is 1. The van der Waals surface area contributed by atoms with E-state index in [1.165, 1.54) is 7.11 Å². The van der Waals surface area contributed by atoms with Crippen molar-refractivity contribution in [3.63, 3.8) is 0 Å². The van der Waals surface area contributed by atoms with Crippen molar-refractivity contribution >= 4 is 11.9 Å². The first-order chi connectivity index (χ1) is 13.8. The number of esters is 1. The average molecular weight is 427 g/mol. The Balaban J connectivity index is 2.14. The number of nitrogens with zero attached hydrogens (tertiary/aromatic N) is 1. The fraction of sp³-hybridized carbons (Fsp3) is 0.913. The monoisotopic (exact) mass is 426 g/mol. The molecule has 1 amide bonds. The summed E-state index contributed by atoms with van der Waals surface area (Å²) in [5, 5.41) is 3.27. The van der Waals surface area contributed by atoms with Crippen molar-refractivity contribution in [3.8, 4) is 0 Å². The number of likely N-dealkylation sites (tertiary alicyclic amines) is 1. The lowest BCUT2D eigenvalue weighted by atomic mass is 9.87. The van der Waals surface area contributed by atoms with E-state index in [1.807, 2.05) is 25.7 Å². The Hall–Kier alpha value is -1.18. The van der Waals surface area contributed by atoms with Crippen LogP contribution in [-0.4, -0.2) is 61.1 Å². The van der Waals surface area contributed by atoms with Gasteiger partial charge < -0.3 is 19.5 Å². The molecule has 0 radical (unpaired) electrons. The maximum Gasteiger partial charge on any atom is 0.309 e. The van der Waals surface area contributed by atoms with Crippen molar-refractivity contribution < 1.29 is 23.8 Å². The highest BCUT2D eigenvalue weighted by molar-refractivity contribution is 5.81. The van der Waals surface area contributed by atoms with Crippen LogP contribution in [0.25, 0.3) is 0 Å². The molecule has 2 rings (SSSR count). The minimum absolute atomic E-state index is 0.00598. The van der Waals surface area contributed by atoms with Crippen LogP contribution < -0.4 is 5.32 Å². The number of hydrogen-bond acceptors (Lipinski definition) is 6. The molecule has 7 nitrogen and oxygen atoms in total. The molecule has 2 fully saturated rings. The number of carbonyl (C=O) groups excluding carboxylic acids is 2. The van der Waals surface area contributed by atoms with Crippen molar-refractivity contribution in [1.82, 2.24) is 10.2 Å². The summed E-state index contributed by atoms with van der Waals surface area (Å²) in [5.74, 6) is -0.812. The Morgan fingerprint density at radius 3 is 2.07 bits per heavy atom. The molecule has 30 heavy (non-hydrogen) atoms. The number of methoxy groups -OCH3 is 1. The number of rotatable bonds is 9. The first kappa shape index (κ1) is 25.1. The third-order valence-corrected chi connectivity index (χ3v) is 5.55. The molecule has 0 bridgehead atoms. The van der Waals surface area contributed by atoms with E-state index < -0.39 is 11.5 Å². The highest BCUT2D eigenvalue weighted by Crippen LogP contribution is 2.40. The van der Waals surface area contributed by atoms with E-state index in [2.05, 4.69) is 33.0 Å². The zero-order valence-corrected chi connectivity index (χ0v) is 20.1. The smallest absolute Gasteiger partial charge is 0.309 e. The topological polar surface area (TPSA) is 80.4 Å². The molecule has 0 aromatic carbocycles. The lowest BCUT2D eigenvalue weighted by Crippen LogP contribution is -2.56. The van der Waals surface area contributed by atoms with Gasteiger partial charge >= 0.3 is 5.97 Å². The zero-order chi connectivity index (χ0) is 22.7. The van der Waals surface area contributed by atoms with Crippen LogP contribution in [0, 0.1) is 23.7 Å². The highest BCUT2D eigenvalue weighted by atomic mass is 16.8. The number of ether oxygens (including phenoxy) is 3. The van der Waals surface area contributed by atoms with E-state index in [1.54, 1.807) is 0 Å². The molecule has 2 saturated heterocycles. The molecule has 0 aromatic heterocycles. The van der Waals surface area contributed by atoms with Gasteiger partial charge in [-0.15, -0.1) is 0 Å². The Morgan fingerprint density at radius 2 is 1.63 bits per heavy atom. The summed E-state index contributed by atoms with van der Waals surface area (Å²) in [5.41, 5.74) is -0.397. The second-order valence-corrected chi connectivity index (χ2v) is 10.7. The third kappa shape index (κ3) is 7.20. The van der Waals surface area contributed by atoms with E-state index >= 15 is 0 Å². The number of nitrogens with one attached hydrogen (secondary N) is 1. The number of amides is 1. The van der Waals surface area contributed by atoms with Crippen molar-refractivity contribution in [1.29, 1.82) is 0 Å². The summed E-state index contributed by atoms with van der Waals surface area (Å²) >= 11 is 0. The summed E-state index contributed by atoms with van der Waals surface area (Å²) in [6.07, 6.45) is 2.37. The molecule has 0 saturated carbocycles. The normalized spacial score (nSPS) is 27.6. The standard InChI is InChI=1S/C23H42N2O5/c1-15(2)9-19(10-16(3)4)24-20(26)17-11-18(21(27)28-8)13-25(12-17)23(14-29-23)30-22(5,6)7/h15-19H,9-14H2,1-8H3,(H,24,26)/t17-,18?,23?/m0/s1. The van der Waals surface area contributed by atoms with Gasteiger partial charge in [-0.1, -0.05) is 27.7 Å². The predicted octanol–water partition coefficient (Wildman–Crippen LogP) is 3.17. The highest BCUT2D eigenvalue weighted by Gasteiger charge is 2.57. The lowest BCUT2D eigenvalue weighted by molar-refractivity contribution is -0.217. The molecule has 7 heteroatoms. The van der Waals surface area contributed by atoms with E-state index in [0.29, 0.717) is 38.0 Å². The van der Waals surface area contributed by atoms with Crippen LogP contribution in [0.2, 0.25) is 0 Å². The summed E-state index contributed by atoms with van der Waals surface area (Å²) in [7, 11) is 1.40. The van der Waals surface area contributed by atoms with Crippen LogP contribution in [0.1, 0.15) is 67.7 Å². The lowest BCUT2D eigenvalue weighted by Gasteiger charge is -2.41. The quantitative estimate of drug-likeness (QED) is 0.451. The van der Waals surface area contributed by atoms with Crippen LogP contribution in [0.3, 0.4) is 0 Å². The van der Waals surface area contributed by atoms with E-state index in [0.717, 1.165) is 12.8 Å². The fourth-order valence-corrected chi connectivity index (χ4v) is 4.42. The molecule has 0 aromatic rings. The van der Waals surface area contributed by atoms with Crippen LogP contribution >= 0.6 is 0 Å². The number of piperidine rings is 1. The molecule has 2 heterocycles. The molecule has 1 N–H and O–H groups in total. The molecule has 3 atom stereocenters. The van der Waals surface area contributed by atoms with Crippen molar-refractivity contribution in [2.45, 2.75) is 85.3 Å². The Labute approximate surface area is 182 Å². The van der Waals surface area contributed by atoms with Crippen LogP contribution in [0.5, 0.6) is 0 Å². The van der Waals surface area contributed by atoms with E-state index in [-0.39, 0.29) is 29.8 Å². The maximum atomic E-state index is 13.2. The van der Waals surface area contributed by atoms with Crippen LogP contribution in [0.15, 0.2) is 0 Å². The number of hydrogen-bond donors (Lipinski definition) is 1. The van der Waals surface area contributed by atoms with Gasteiger partial charge in [0.25, 0.3) is 5.91 Å². The zero-order valence-electron chi connectivity index (χ0n) is 20.1. The summed E-state index contributed by atoms with van der Waals surface area (Å²) < 4.78 is 16.9. The van der Waals surface area contributed by atoms with E-state index in [9.17, 15) is 9.59 Å². The summed E-state index contributed by atoms with van der Waals surface area (Å²) in [4.78, 5) is 27.6. The molecule has 0 spiro atoms. The molecule has 174 valence electrons. The van der Waals surface area contributed by atoms with Crippen LogP contribution in [0.4, 0.5) is 0 Å². The third-order valence-electron chi connectivity index (χ3n) is 5.55. The molecular formula is C23H42N2O5. The predicted molar refractivity (Wildman–Crippen MR) is 116 cm³/mol. The maximum absolute atomic E-state index is 13.2. The van der Waals surface area contributed by atoms with Crippen molar-refractivity contribution in [3.05, 3.63) is 0 Å². The fourth-order valence-electron chi connectivity index (χ4n) is 4.42. The number of carbonyl (C=O) groups is 2. The molecule has 0 aliphatic carbocycles. The first-order valence-electron chi connectivity index (χ1n) is 11.3. The Morgan fingerprint density at radius 1 is 1.10 bits per heavy atom. The molecular weight excluding hydrogens is 384 g/mol. The van der Waals surface area contributed by atoms with Gasteiger partial charge in [-0.25, -0.2) is 4.90 Å². The van der Waals surface area contributed by atoms with Gasteiger partial charge in [-0.3, -0.25) is 9.59 Å². The Bertz CT molecular complexity index is 585. The van der Waals surface area contributed by atoms with E-state index in [4.69, 9.17) is 14.2 Å². The van der Waals surface area contributed by atoms with Gasteiger partial charge in [0.1, 0.15) is 6.61 Å². The first-order valence-corrected chi connectivity index (χ1v) is 11.3. The van der Waals surface area contributed by atoms with Crippen molar-refractivity contribution in [2.75, 3.05) is 26.8 Å². The van der Waals surface area contributed by atoms with Gasteiger partial charge in [0.05, 0.1) is 24.5 Å². The van der Waals surface area contributed by atoms with Gasteiger partial charge in [0, 0.05) is 19.1 Å². The molecule has 2 unspecified atom stereocenters. The van der Waals surface area contributed by atoms with Gasteiger partial charge in [0.2, 0.25) is 5.91 Å². The molecule has 2 aliphatic heterocycles. The summed E-state index contributed by atoms with van der Waals surface area (Å²) in [6.45, 7) is 16.0. The minimum Gasteiger partial charge on any atom is -0.469 e. The SMILES string of the molecule is COC(=O)C1C[C@H](C(=O)NC(CC(C)C)CC(C)C)CN(C2(OC(C)(C)C)CO2)C1. The van der Waals surface area contributed by atoms with Gasteiger partial charge in [-0.05, 0) is 51.9 Å². The average Bonchev–Trinajstić information content (AvgIpc) is 3.38. The van der Waals surface area contributed by atoms with Gasteiger partial charge in [0.15, 0.2) is 0 Å². The van der Waals surface area contributed by atoms with Crippen LogP contribution in [-0.2, 0) is 23.8 Å². The van der Waals surface area contributed by atoms with Gasteiger partial charge in [-0.2, -0.15) is 0 Å². The van der Waals surface area contributed by atoms with Crippen molar-refractivity contribution in [2.24, 2.45) is 23.7 Å². The second kappa shape index (κ2) is 9.96.